The van der Waals surface area contributed by atoms with Gasteiger partial charge in [-0.2, -0.15) is 12.7 Å². The van der Waals surface area contributed by atoms with E-state index >= 15 is 0 Å². The molecule has 2 aromatic rings. The summed E-state index contributed by atoms with van der Waals surface area (Å²) in [5.74, 6) is -0.813. The van der Waals surface area contributed by atoms with Crippen molar-refractivity contribution in [3.63, 3.8) is 0 Å². The van der Waals surface area contributed by atoms with Gasteiger partial charge in [-0.25, -0.2) is 4.31 Å². The second-order valence-electron chi connectivity index (χ2n) is 8.71. The smallest absolute Gasteiger partial charge is 0.304 e. The predicted octanol–water partition coefficient (Wildman–Crippen LogP) is 3.51. The van der Waals surface area contributed by atoms with E-state index in [1.807, 2.05) is 32.0 Å². The second-order valence-corrected chi connectivity index (χ2v) is 11.2. The maximum atomic E-state index is 13.7. The Hall–Kier alpha value is -2.62. The number of carbonyl (C=O) groups is 2. The van der Waals surface area contributed by atoms with Gasteiger partial charge >= 0.3 is 10.2 Å². The molecule has 2 rings (SSSR count). The van der Waals surface area contributed by atoms with Crippen molar-refractivity contribution in [3.05, 3.63) is 64.2 Å². The molecule has 0 unspecified atom stereocenters. The van der Waals surface area contributed by atoms with Crippen molar-refractivity contribution in [1.29, 1.82) is 0 Å². The molecule has 0 aliphatic carbocycles. The number of amides is 2. The molecule has 35 heavy (non-hydrogen) atoms. The van der Waals surface area contributed by atoms with Crippen LogP contribution in [-0.4, -0.2) is 62.7 Å². The van der Waals surface area contributed by atoms with Crippen LogP contribution in [0.1, 0.15) is 37.0 Å². The van der Waals surface area contributed by atoms with Crippen LogP contribution in [0.4, 0.5) is 5.69 Å². The van der Waals surface area contributed by atoms with Gasteiger partial charge in [0, 0.05) is 32.2 Å². The average Bonchev–Trinajstić information content (AvgIpc) is 2.80. The van der Waals surface area contributed by atoms with E-state index in [0.29, 0.717) is 22.8 Å². The third-order valence-electron chi connectivity index (χ3n) is 5.61. The van der Waals surface area contributed by atoms with Crippen LogP contribution in [-0.2, 0) is 26.3 Å². The minimum absolute atomic E-state index is 0.1000. The summed E-state index contributed by atoms with van der Waals surface area (Å²) in [5, 5.41) is 3.32. The van der Waals surface area contributed by atoms with Crippen molar-refractivity contribution in [1.82, 2.24) is 14.5 Å². The number of nitrogens with zero attached hydrogens (tertiary/aromatic N) is 3. The van der Waals surface area contributed by atoms with Crippen molar-refractivity contribution < 1.29 is 18.0 Å². The zero-order valence-electron chi connectivity index (χ0n) is 21.2. The van der Waals surface area contributed by atoms with Crippen molar-refractivity contribution in [2.24, 2.45) is 0 Å². The van der Waals surface area contributed by atoms with Crippen LogP contribution in [0.15, 0.2) is 42.5 Å². The highest BCUT2D eigenvalue weighted by Crippen LogP contribution is 2.26. The van der Waals surface area contributed by atoms with E-state index in [9.17, 15) is 18.0 Å². The molecule has 0 saturated heterocycles. The van der Waals surface area contributed by atoms with Gasteiger partial charge in [-0.05, 0) is 62.1 Å². The zero-order valence-corrected chi connectivity index (χ0v) is 22.8. The van der Waals surface area contributed by atoms with Gasteiger partial charge in [-0.3, -0.25) is 9.59 Å². The van der Waals surface area contributed by atoms with E-state index in [1.54, 1.807) is 38.1 Å². The lowest BCUT2D eigenvalue weighted by molar-refractivity contribution is -0.139. The lowest BCUT2D eigenvalue weighted by Gasteiger charge is -2.33. The quantitative estimate of drug-likeness (QED) is 0.489. The van der Waals surface area contributed by atoms with Crippen LogP contribution in [0.25, 0.3) is 0 Å². The van der Waals surface area contributed by atoms with Crippen LogP contribution in [0.5, 0.6) is 0 Å². The van der Waals surface area contributed by atoms with Crippen LogP contribution >= 0.6 is 11.6 Å². The van der Waals surface area contributed by atoms with Crippen molar-refractivity contribution >= 4 is 39.3 Å². The summed E-state index contributed by atoms with van der Waals surface area (Å²) in [7, 11) is -1.16. The van der Waals surface area contributed by atoms with E-state index in [2.05, 4.69) is 5.32 Å². The van der Waals surface area contributed by atoms with Crippen LogP contribution in [0.2, 0.25) is 5.02 Å². The first-order chi connectivity index (χ1) is 16.4. The highest BCUT2D eigenvalue weighted by Gasteiger charge is 2.33. The molecule has 0 aliphatic rings. The largest absolute Gasteiger partial charge is 0.354 e. The molecule has 0 aliphatic heterocycles. The summed E-state index contributed by atoms with van der Waals surface area (Å²) < 4.78 is 28.7. The van der Waals surface area contributed by atoms with E-state index in [1.165, 1.54) is 19.0 Å². The molecule has 1 atom stereocenters. The monoisotopic (exact) mass is 522 g/mol. The highest BCUT2D eigenvalue weighted by atomic mass is 35.5. The van der Waals surface area contributed by atoms with Gasteiger partial charge < -0.3 is 10.2 Å². The number of hydrogen-bond donors (Lipinski definition) is 1. The Morgan fingerprint density at radius 1 is 1.09 bits per heavy atom. The van der Waals surface area contributed by atoms with Crippen molar-refractivity contribution in [2.75, 3.05) is 31.5 Å². The van der Waals surface area contributed by atoms with Gasteiger partial charge in [0.15, 0.2) is 0 Å². The van der Waals surface area contributed by atoms with Gasteiger partial charge in [0.05, 0.1) is 5.69 Å². The van der Waals surface area contributed by atoms with Crippen LogP contribution in [0, 0.1) is 13.8 Å². The Bertz CT molecular complexity index is 1150. The van der Waals surface area contributed by atoms with Gasteiger partial charge in [0.25, 0.3) is 0 Å². The standard InChI is InChI=1S/C25H35ClN4O4S/c1-7-13-27-25(32)20(4)29(16-21-9-8-10-22(26)15-21)24(31)17-30(35(33,34)28(5)6)23-14-18(2)11-12-19(23)3/h8-12,14-15,20H,7,13,16-17H2,1-6H3,(H,27,32)/t20-/m0/s1. The highest BCUT2D eigenvalue weighted by molar-refractivity contribution is 7.90. The molecule has 1 N–H and O–H groups in total. The van der Waals surface area contributed by atoms with Crippen molar-refractivity contribution in [3.8, 4) is 0 Å². The molecule has 192 valence electrons. The van der Waals surface area contributed by atoms with Gasteiger partial charge in [0.2, 0.25) is 11.8 Å². The summed E-state index contributed by atoms with van der Waals surface area (Å²) in [6.45, 7) is 7.34. The molecule has 0 bridgehead atoms. The fraction of sp³-hybridized carbons (Fsp3) is 0.440. The number of aryl methyl sites for hydroxylation is 2. The summed E-state index contributed by atoms with van der Waals surface area (Å²) in [4.78, 5) is 27.9. The predicted molar refractivity (Wildman–Crippen MR) is 141 cm³/mol. The molecule has 2 amide bonds. The van der Waals surface area contributed by atoms with E-state index in [-0.39, 0.29) is 12.5 Å². The molecule has 0 fully saturated rings. The molecule has 0 saturated carbocycles. The Morgan fingerprint density at radius 3 is 2.37 bits per heavy atom. The normalized spacial score (nSPS) is 12.3. The fourth-order valence-corrected chi connectivity index (χ4v) is 4.83. The number of anilines is 1. The first-order valence-electron chi connectivity index (χ1n) is 11.5. The van der Waals surface area contributed by atoms with Gasteiger partial charge in [-0.15, -0.1) is 0 Å². The molecular weight excluding hydrogens is 488 g/mol. The summed E-state index contributed by atoms with van der Waals surface area (Å²) >= 11 is 6.13. The Labute approximate surface area is 214 Å². The summed E-state index contributed by atoms with van der Waals surface area (Å²) in [6.07, 6.45) is 0.752. The molecule has 0 radical (unpaired) electrons. The number of halogens is 1. The molecule has 0 heterocycles. The van der Waals surface area contributed by atoms with Gasteiger partial charge in [-0.1, -0.05) is 42.8 Å². The molecule has 0 spiro atoms. The molecule has 0 aromatic heterocycles. The molecule has 2 aromatic carbocycles. The van der Waals surface area contributed by atoms with Crippen LogP contribution < -0.4 is 9.62 Å². The number of nitrogens with one attached hydrogen (secondary N) is 1. The molecular formula is C25H35ClN4O4S. The van der Waals surface area contributed by atoms with Crippen molar-refractivity contribution in [2.45, 2.75) is 46.7 Å². The third-order valence-corrected chi connectivity index (χ3v) is 7.65. The first kappa shape index (κ1) is 28.6. The van der Waals surface area contributed by atoms with Crippen LogP contribution in [0.3, 0.4) is 0 Å². The molecule has 8 nitrogen and oxygen atoms in total. The number of carbonyl (C=O) groups excluding carboxylic acids is 2. The Balaban J connectivity index is 2.49. The second kappa shape index (κ2) is 12.4. The zero-order chi connectivity index (χ0) is 26.3. The summed E-state index contributed by atoms with van der Waals surface area (Å²) in [5.41, 5.74) is 2.72. The fourth-order valence-electron chi connectivity index (χ4n) is 3.50. The lowest BCUT2D eigenvalue weighted by atomic mass is 10.1. The maximum Gasteiger partial charge on any atom is 0.304 e. The number of hydrogen-bond acceptors (Lipinski definition) is 4. The Kier molecular flexibility index (Phi) is 10.1. The van der Waals surface area contributed by atoms with E-state index in [4.69, 9.17) is 11.6 Å². The summed E-state index contributed by atoms with van der Waals surface area (Å²) in [6, 6.07) is 11.6. The minimum Gasteiger partial charge on any atom is -0.354 e. The number of rotatable bonds is 11. The topological polar surface area (TPSA) is 90.0 Å². The van der Waals surface area contributed by atoms with E-state index in [0.717, 1.165) is 26.2 Å². The minimum atomic E-state index is -4.00. The SMILES string of the molecule is CCCNC(=O)[C@H](C)N(Cc1cccc(Cl)c1)C(=O)CN(c1cc(C)ccc1C)S(=O)(=O)N(C)C. The first-order valence-corrected chi connectivity index (χ1v) is 13.2. The lowest BCUT2D eigenvalue weighted by Crippen LogP contribution is -2.52. The third kappa shape index (κ3) is 7.43. The number of benzene rings is 2. The Morgan fingerprint density at radius 2 is 1.77 bits per heavy atom. The average molecular weight is 523 g/mol. The van der Waals surface area contributed by atoms with E-state index < -0.39 is 28.7 Å². The van der Waals surface area contributed by atoms with Gasteiger partial charge in [0.1, 0.15) is 12.6 Å². The maximum absolute atomic E-state index is 13.7. The molecule has 10 heteroatoms.